The summed E-state index contributed by atoms with van der Waals surface area (Å²) in [6, 6.07) is 8.49. The quantitative estimate of drug-likeness (QED) is 0.656. The van der Waals surface area contributed by atoms with Crippen molar-refractivity contribution in [2.24, 2.45) is 0 Å². The van der Waals surface area contributed by atoms with Gasteiger partial charge in [0.25, 0.3) is 0 Å². The van der Waals surface area contributed by atoms with E-state index in [9.17, 15) is 28.2 Å². The second-order valence-electron chi connectivity index (χ2n) is 5.75. The van der Waals surface area contributed by atoms with Crippen molar-refractivity contribution in [2.45, 2.75) is 19.5 Å². The maximum absolute atomic E-state index is 13.6. The van der Waals surface area contributed by atoms with Gasteiger partial charge >= 0.3 is 12.1 Å². The van der Waals surface area contributed by atoms with Gasteiger partial charge in [-0.25, -0.2) is 14.5 Å². The number of phenolic OH excluding ortho intramolecular Hbond substituents is 1. The molecule has 6 nitrogen and oxygen atoms in total. The van der Waals surface area contributed by atoms with E-state index < -0.39 is 23.4 Å². The van der Waals surface area contributed by atoms with Gasteiger partial charge in [-0.3, -0.25) is 0 Å². The predicted octanol–water partition coefficient (Wildman–Crippen LogP) is 4.57. The zero-order valence-corrected chi connectivity index (χ0v) is 15.1. The topological polar surface area (TPSA) is 88.2 Å². The van der Waals surface area contributed by atoms with Crippen molar-refractivity contribution in [3.63, 3.8) is 0 Å². The maximum Gasteiger partial charge on any atom is 0.434 e. The highest BCUT2D eigenvalue weighted by atomic mass is 35.5. The van der Waals surface area contributed by atoms with Crippen LogP contribution in [0.2, 0.25) is 5.02 Å². The van der Waals surface area contributed by atoms with Crippen LogP contribution in [0.5, 0.6) is 5.75 Å². The monoisotopic (exact) mass is 411 g/mol. The van der Waals surface area contributed by atoms with Gasteiger partial charge in [0.1, 0.15) is 11.3 Å². The molecule has 1 aromatic carbocycles. The number of carbonyl (C=O) groups is 1. The van der Waals surface area contributed by atoms with E-state index in [1.165, 1.54) is 43.3 Å². The minimum atomic E-state index is -4.97. The molecule has 146 valence electrons. The number of aromatic hydroxyl groups is 1. The molecule has 0 unspecified atom stereocenters. The molecule has 0 fully saturated rings. The van der Waals surface area contributed by atoms with Crippen molar-refractivity contribution in [1.82, 2.24) is 14.8 Å². The van der Waals surface area contributed by atoms with E-state index in [0.717, 1.165) is 0 Å². The van der Waals surface area contributed by atoms with Gasteiger partial charge in [0.15, 0.2) is 11.5 Å². The Morgan fingerprint density at radius 2 is 1.89 bits per heavy atom. The number of carboxylic acids is 1. The van der Waals surface area contributed by atoms with E-state index in [1.54, 1.807) is 0 Å². The van der Waals surface area contributed by atoms with Crippen LogP contribution in [0.1, 0.15) is 28.7 Å². The number of hydrogen-bond donors (Lipinski definition) is 2. The Labute approximate surface area is 161 Å². The van der Waals surface area contributed by atoms with Gasteiger partial charge in [-0.05, 0) is 30.7 Å². The van der Waals surface area contributed by atoms with Crippen molar-refractivity contribution in [1.29, 1.82) is 0 Å². The Kier molecular flexibility index (Phi) is 5.03. The molecule has 0 amide bonds. The van der Waals surface area contributed by atoms with Gasteiger partial charge in [0.05, 0.1) is 22.0 Å². The fourth-order valence-electron chi connectivity index (χ4n) is 2.81. The van der Waals surface area contributed by atoms with Crippen LogP contribution in [0, 0.1) is 0 Å². The van der Waals surface area contributed by atoms with Crippen LogP contribution < -0.4 is 0 Å². The molecule has 0 aliphatic rings. The first-order valence-corrected chi connectivity index (χ1v) is 8.40. The molecule has 0 spiro atoms. The molecule has 0 saturated carbocycles. The Hall–Kier alpha value is -3.07. The second-order valence-corrected chi connectivity index (χ2v) is 6.16. The third-order valence-corrected chi connectivity index (χ3v) is 4.29. The first kappa shape index (κ1) is 19.7. The lowest BCUT2D eigenvalue weighted by atomic mass is 10.1. The molecule has 0 bridgehead atoms. The number of phenols is 1. The standard InChI is InChI=1S/C18H13ClF3N3O3/c1-2-10-15(17(27)28)16(18(20,21)22)25(24-10)13-8-4-6-11(23-13)14-9(19)5-3-7-12(14)26/h3-8,26H,2H2,1H3,(H,27,28). The molecule has 0 saturated heterocycles. The van der Waals surface area contributed by atoms with Gasteiger partial charge < -0.3 is 10.2 Å². The molecule has 0 radical (unpaired) electrons. The molecule has 2 aromatic heterocycles. The van der Waals surface area contributed by atoms with Gasteiger partial charge in [-0.2, -0.15) is 18.3 Å². The Balaban J connectivity index is 2.27. The first-order chi connectivity index (χ1) is 13.1. The fourth-order valence-corrected chi connectivity index (χ4v) is 3.08. The number of rotatable bonds is 4. The van der Waals surface area contributed by atoms with E-state index in [2.05, 4.69) is 10.1 Å². The second kappa shape index (κ2) is 7.16. The molecule has 28 heavy (non-hydrogen) atoms. The Bertz CT molecular complexity index is 1040. The van der Waals surface area contributed by atoms with Gasteiger partial charge in [0.2, 0.25) is 0 Å². The highest BCUT2D eigenvalue weighted by Crippen LogP contribution is 2.37. The van der Waals surface area contributed by atoms with Crippen molar-refractivity contribution in [3.05, 3.63) is 58.4 Å². The number of aromatic nitrogens is 3. The maximum atomic E-state index is 13.6. The predicted molar refractivity (Wildman–Crippen MR) is 94.8 cm³/mol. The summed E-state index contributed by atoms with van der Waals surface area (Å²) < 4.78 is 41.4. The minimum Gasteiger partial charge on any atom is -0.507 e. The SMILES string of the molecule is CCc1nn(-c2cccc(-c3c(O)cccc3Cl)n2)c(C(F)(F)F)c1C(=O)O. The van der Waals surface area contributed by atoms with E-state index in [0.29, 0.717) is 4.68 Å². The average molecular weight is 412 g/mol. The molecule has 0 aliphatic carbocycles. The first-order valence-electron chi connectivity index (χ1n) is 8.02. The van der Waals surface area contributed by atoms with Crippen molar-refractivity contribution < 1.29 is 28.2 Å². The number of aromatic carboxylic acids is 1. The number of halogens is 4. The zero-order chi connectivity index (χ0) is 20.6. The lowest BCUT2D eigenvalue weighted by molar-refractivity contribution is -0.143. The van der Waals surface area contributed by atoms with E-state index in [-0.39, 0.29) is 40.0 Å². The number of carboxylic acid groups (broad SMARTS) is 1. The van der Waals surface area contributed by atoms with Crippen LogP contribution >= 0.6 is 11.6 Å². The zero-order valence-electron chi connectivity index (χ0n) is 14.3. The minimum absolute atomic E-state index is 0.0112. The average Bonchev–Trinajstić information content (AvgIpc) is 3.02. The normalized spacial score (nSPS) is 11.6. The lowest BCUT2D eigenvalue weighted by Gasteiger charge is -2.12. The number of alkyl halides is 3. The summed E-state index contributed by atoms with van der Waals surface area (Å²) in [6.07, 6.45) is -4.99. The molecular weight excluding hydrogens is 399 g/mol. The molecular formula is C18H13ClF3N3O3. The van der Waals surface area contributed by atoms with E-state index in [1.807, 2.05) is 0 Å². The number of nitrogens with zero attached hydrogens (tertiary/aromatic N) is 3. The van der Waals surface area contributed by atoms with Gasteiger partial charge in [0, 0.05) is 0 Å². The number of hydrogen-bond acceptors (Lipinski definition) is 4. The summed E-state index contributed by atoms with van der Waals surface area (Å²) in [5.74, 6) is -2.18. The highest BCUT2D eigenvalue weighted by Gasteiger charge is 2.42. The highest BCUT2D eigenvalue weighted by molar-refractivity contribution is 6.33. The largest absolute Gasteiger partial charge is 0.507 e. The van der Waals surface area contributed by atoms with Crippen LogP contribution in [0.15, 0.2) is 36.4 Å². The van der Waals surface area contributed by atoms with Crippen molar-refractivity contribution in [3.8, 4) is 22.8 Å². The molecule has 2 N–H and O–H groups in total. The van der Waals surface area contributed by atoms with Crippen LogP contribution in [0.3, 0.4) is 0 Å². The number of pyridine rings is 1. The van der Waals surface area contributed by atoms with E-state index >= 15 is 0 Å². The number of aryl methyl sites for hydroxylation is 1. The van der Waals surface area contributed by atoms with Crippen molar-refractivity contribution in [2.75, 3.05) is 0 Å². The molecule has 3 aromatic rings. The number of benzene rings is 1. The summed E-state index contributed by atoms with van der Waals surface area (Å²) in [5.41, 5.74) is -2.31. The smallest absolute Gasteiger partial charge is 0.434 e. The molecule has 0 aliphatic heterocycles. The van der Waals surface area contributed by atoms with Crippen LogP contribution in [-0.4, -0.2) is 30.9 Å². The van der Waals surface area contributed by atoms with Crippen LogP contribution in [0.4, 0.5) is 13.2 Å². The summed E-state index contributed by atoms with van der Waals surface area (Å²) in [4.78, 5) is 15.6. The third kappa shape index (κ3) is 3.40. The van der Waals surface area contributed by atoms with Crippen LogP contribution in [-0.2, 0) is 12.6 Å². The lowest BCUT2D eigenvalue weighted by Crippen LogP contribution is -2.18. The van der Waals surface area contributed by atoms with Crippen LogP contribution in [0.25, 0.3) is 17.1 Å². The Morgan fingerprint density at radius 3 is 2.46 bits per heavy atom. The molecule has 10 heteroatoms. The summed E-state index contributed by atoms with van der Waals surface area (Å²) >= 11 is 6.08. The fraction of sp³-hybridized carbons (Fsp3) is 0.167. The summed E-state index contributed by atoms with van der Waals surface area (Å²) in [7, 11) is 0. The van der Waals surface area contributed by atoms with Crippen molar-refractivity contribution >= 4 is 17.6 Å². The third-order valence-electron chi connectivity index (χ3n) is 3.97. The molecule has 2 heterocycles. The van der Waals surface area contributed by atoms with Gasteiger partial charge in [-0.15, -0.1) is 0 Å². The molecule has 0 atom stereocenters. The molecule has 3 rings (SSSR count). The summed E-state index contributed by atoms with van der Waals surface area (Å²) in [5, 5.41) is 23.3. The Morgan fingerprint density at radius 1 is 1.21 bits per heavy atom. The van der Waals surface area contributed by atoms with Gasteiger partial charge in [-0.1, -0.05) is 30.7 Å². The van der Waals surface area contributed by atoms with E-state index in [4.69, 9.17) is 11.6 Å². The summed E-state index contributed by atoms with van der Waals surface area (Å²) in [6.45, 7) is 1.50.